The Hall–Kier alpha value is -1.66. The molecule has 1 saturated heterocycles. The van der Waals surface area contributed by atoms with Gasteiger partial charge in [-0.1, -0.05) is 13.2 Å². The van der Waals surface area contributed by atoms with Gasteiger partial charge < -0.3 is 22.1 Å². The van der Waals surface area contributed by atoms with E-state index in [2.05, 4.69) is 35.3 Å². The summed E-state index contributed by atoms with van der Waals surface area (Å²) in [5, 5.41) is 6.44. The molecule has 1 heterocycles. The third-order valence-electron chi connectivity index (χ3n) is 1.36. The maximum absolute atomic E-state index is 9.47. The molecule has 1 fully saturated rings. The Balaban J connectivity index is 0. The largest absolute Gasteiger partial charge is 0.366 e. The van der Waals surface area contributed by atoms with Gasteiger partial charge in [-0.2, -0.15) is 0 Å². The Kier molecular flexibility index (Phi) is 14.0. The number of carbonyl (C=O) groups excluding carboxylic acids is 2. The summed E-state index contributed by atoms with van der Waals surface area (Å²) in [6.07, 6.45) is 2.11. The minimum atomic E-state index is -0.481. The van der Waals surface area contributed by atoms with Crippen LogP contribution in [0.2, 0.25) is 0 Å². The lowest BCUT2D eigenvalue weighted by Gasteiger charge is -2.11. The van der Waals surface area contributed by atoms with Crippen molar-refractivity contribution in [3.05, 3.63) is 25.3 Å². The zero-order valence-corrected chi connectivity index (χ0v) is 9.37. The molecule has 6 heteroatoms. The second kappa shape index (κ2) is 13.3. The number of hydrogen-bond acceptors (Lipinski definition) is 4. The fourth-order valence-electron chi connectivity index (χ4n) is 0.604. The zero-order valence-electron chi connectivity index (χ0n) is 9.37. The predicted molar refractivity (Wildman–Crippen MR) is 64.5 cm³/mol. The van der Waals surface area contributed by atoms with Crippen LogP contribution in [0.3, 0.4) is 0 Å². The zero-order chi connectivity index (χ0) is 12.8. The summed E-state index contributed by atoms with van der Waals surface area (Å²) < 4.78 is 0. The van der Waals surface area contributed by atoms with Crippen molar-refractivity contribution in [3.8, 4) is 0 Å². The smallest absolute Gasteiger partial charge is 0.240 e. The maximum atomic E-state index is 9.47. The monoisotopic (exact) mass is 228 g/mol. The Morgan fingerprint density at radius 3 is 1.12 bits per heavy atom. The predicted octanol–water partition coefficient (Wildman–Crippen LogP) is -1.51. The lowest BCUT2D eigenvalue weighted by Crippen LogP contribution is -2.39. The second-order valence-corrected chi connectivity index (χ2v) is 2.71. The quantitative estimate of drug-likeness (QED) is 0.431. The van der Waals surface area contributed by atoms with Crippen molar-refractivity contribution in [3.63, 3.8) is 0 Å². The van der Waals surface area contributed by atoms with Gasteiger partial charge in [-0.15, -0.1) is 0 Å². The van der Waals surface area contributed by atoms with Gasteiger partial charge in [0, 0.05) is 26.2 Å². The molecule has 0 bridgehead atoms. The van der Waals surface area contributed by atoms with Crippen LogP contribution in [0.25, 0.3) is 0 Å². The highest BCUT2D eigenvalue weighted by atomic mass is 16.1. The average Bonchev–Trinajstić information content (AvgIpc) is 2.32. The third kappa shape index (κ3) is 22.8. The molecule has 6 N–H and O–H groups in total. The third-order valence-corrected chi connectivity index (χ3v) is 1.36. The van der Waals surface area contributed by atoms with Gasteiger partial charge >= 0.3 is 0 Å². The average molecular weight is 228 g/mol. The molecule has 0 aliphatic carbocycles. The van der Waals surface area contributed by atoms with E-state index in [1.54, 1.807) is 0 Å². The summed E-state index contributed by atoms with van der Waals surface area (Å²) >= 11 is 0. The van der Waals surface area contributed by atoms with Crippen LogP contribution in [-0.4, -0.2) is 38.0 Å². The number of carbonyl (C=O) groups is 2. The van der Waals surface area contributed by atoms with Crippen LogP contribution in [-0.2, 0) is 9.59 Å². The van der Waals surface area contributed by atoms with Crippen molar-refractivity contribution in [1.29, 1.82) is 0 Å². The summed E-state index contributed by atoms with van der Waals surface area (Å²) in [5.41, 5.74) is 9.07. The first-order valence-electron chi connectivity index (χ1n) is 4.79. The molecule has 0 aromatic rings. The van der Waals surface area contributed by atoms with E-state index in [1.165, 1.54) is 0 Å². The summed E-state index contributed by atoms with van der Waals surface area (Å²) in [6.45, 7) is 10.7. The summed E-state index contributed by atoms with van der Waals surface area (Å²) in [5.74, 6) is -0.963. The molecule has 0 radical (unpaired) electrons. The molecule has 0 saturated carbocycles. The lowest BCUT2D eigenvalue weighted by molar-refractivity contribution is -0.114. The SMILES string of the molecule is C1CNCCN1.C=CC(N)=O.C=CC(N)=O. The van der Waals surface area contributed by atoms with Crippen LogP contribution < -0.4 is 22.1 Å². The summed E-state index contributed by atoms with van der Waals surface area (Å²) in [7, 11) is 0. The topological polar surface area (TPSA) is 110 Å². The Labute approximate surface area is 95.8 Å². The molecule has 6 nitrogen and oxygen atoms in total. The van der Waals surface area contributed by atoms with Gasteiger partial charge in [0.15, 0.2) is 0 Å². The van der Waals surface area contributed by atoms with Gasteiger partial charge in [-0.05, 0) is 12.2 Å². The van der Waals surface area contributed by atoms with Crippen LogP contribution in [0.5, 0.6) is 0 Å². The number of rotatable bonds is 2. The lowest BCUT2D eigenvalue weighted by atomic mass is 10.4. The molecule has 1 aliphatic rings. The van der Waals surface area contributed by atoms with Crippen LogP contribution in [0.4, 0.5) is 0 Å². The standard InChI is InChI=1S/C4H10N2.2C3H5NO/c1-2-6-4-3-5-1;2*1-2-3(4)5/h5-6H,1-4H2;2*2H,1H2,(H2,4,5). The molecular formula is C10H20N4O2. The van der Waals surface area contributed by atoms with Crippen molar-refractivity contribution in [1.82, 2.24) is 10.6 Å². The van der Waals surface area contributed by atoms with Gasteiger partial charge in [0.1, 0.15) is 0 Å². The van der Waals surface area contributed by atoms with E-state index in [4.69, 9.17) is 0 Å². The number of hydrogen-bond donors (Lipinski definition) is 4. The van der Waals surface area contributed by atoms with E-state index >= 15 is 0 Å². The highest BCUT2D eigenvalue weighted by Gasteiger charge is 1.91. The molecule has 0 aromatic carbocycles. The molecule has 2 amide bonds. The van der Waals surface area contributed by atoms with Gasteiger partial charge in [0.2, 0.25) is 11.8 Å². The minimum Gasteiger partial charge on any atom is -0.366 e. The number of primary amides is 2. The molecular weight excluding hydrogens is 208 g/mol. The van der Waals surface area contributed by atoms with Crippen LogP contribution in [0.1, 0.15) is 0 Å². The van der Waals surface area contributed by atoms with E-state index in [0.29, 0.717) is 0 Å². The van der Waals surface area contributed by atoms with E-state index in [-0.39, 0.29) is 0 Å². The number of nitrogens with two attached hydrogens (primary N) is 2. The number of nitrogens with one attached hydrogen (secondary N) is 2. The molecule has 0 aromatic heterocycles. The van der Waals surface area contributed by atoms with Crippen molar-refractivity contribution in [2.45, 2.75) is 0 Å². The number of piperazine rings is 1. The molecule has 16 heavy (non-hydrogen) atoms. The van der Waals surface area contributed by atoms with Crippen molar-refractivity contribution in [2.75, 3.05) is 26.2 Å². The van der Waals surface area contributed by atoms with Crippen molar-refractivity contribution in [2.24, 2.45) is 11.5 Å². The van der Waals surface area contributed by atoms with Gasteiger partial charge in [0.25, 0.3) is 0 Å². The van der Waals surface area contributed by atoms with Crippen molar-refractivity contribution >= 4 is 11.8 Å². The highest BCUT2D eigenvalue weighted by molar-refractivity contribution is 5.85. The first-order chi connectivity index (χ1) is 7.54. The molecule has 1 aliphatic heterocycles. The summed E-state index contributed by atoms with van der Waals surface area (Å²) in [6, 6.07) is 0. The Morgan fingerprint density at radius 2 is 1.06 bits per heavy atom. The fraction of sp³-hybridized carbons (Fsp3) is 0.400. The Morgan fingerprint density at radius 1 is 0.875 bits per heavy atom. The summed E-state index contributed by atoms with van der Waals surface area (Å²) in [4.78, 5) is 18.9. The maximum Gasteiger partial charge on any atom is 0.240 e. The van der Waals surface area contributed by atoms with Crippen molar-refractivity contribution < 1.29 is 9.59 Å². The molecule has 0 unspecified atom stereocenters. The normalized spacial score (nSPS) is 13.0. The first-order valence-corrected chi connectivity index (χ1v) is 4.79. The minimum absolute atomic E-state index is 0.481. The van der Waals surface area contributed by atoms with Gasteiger partial charge in [0.05, 0.1) is 0 Å². The van der Waals surface area contributed by atoms with E-state index in [0.717, 1.165) is 38.3 Å². The highest BCUT2D eigenvalue weighted by Crippen LogP contribution is 1.65. The molecule has 0 spiro atoms. The van der Waals surface area contributed by atoms with E-state index in [1.807, 2.05) is 0 Å². The second-order valence-electron chi connectivity index (χ2n) is 2.71. The van der Waals surface area contributed by atoms with Gasteiger partial charge in [-0.3, -0.25) is 9.59 Å². The van der Waals surface area contributed by atoms with Crippen LogP contribution >= 0.6 is 0 Å². The van der Waals surface area contributed by atoms with Crippen LogP contribution in [0.15, 0.2) is 25.3 Å². The van der Waals surface area contributed by atoms with Crippen LogP contribution in [0, 0.1) is 0 Å². The molecule has 92 valence electrons. The molecule has 0 atom stereocenters. The number of amides is 2. The van der Waals surface area contributed by atoms with Gasteiger partial charge in [-0.25, -0.2) is 0 Å². The first kappa shape index (κ1) is 16.8. The van der Waals surface area contributed by atoms with E-state index < -0.39 is 11.8 Å². The Bertz CT molecular complexity index is 195. The fourth-order valence-corrected chi connectivity index (χ4v) is 0.604. The van der Waals surface area contributed by atoms with E-state index in [9.17, 15) is 9.59 Å². The molecule has 1 rings (SSSR count).